The highest BCUT2D eigenvalue weighted by atomic mass is 35.5. The van der Waals surface area contributed by atoms with Crippen LogP contribution in [0.4, 0.5) is 0 Å². The lowest BCUT2D eigenvalue weighted by molar-refractivity contribution is 0.358. The van der Waals surface area contributed by atoms with Crippen molar-refractivity contribution in [1.82, 2.24) is 9.21 Å². The van der Waals surface area contributed by atoms with E-state index in [4.69, 9.17) is 11.6 Å². The molecule has 0 aromatic heterocycles. The molecule has 0 rings (SSSR count). The Morgan fingerprint density at radius 3 is 2.14 bits per heavy atom. The topological polar surface area (TPSA) is 40.6 Å². The summed E-state index contributed by atoms with van der Waals surface area (Å²) >= 11 is 5.45. The summed E-state index contributed by atoms with van der Waals surface area (Å²) in [4.78, 5) is 1.95. The van der Waals surface area contributed by atoms with Crippen LogP contribution in [0, 0.1) is 0 Å². The Morgan fingerprint density at radius 1 is 1.14 bits per heavy atom. The summed E-state index contributed by atoms with van der Waals surface area (Å²) in [5.41, 5.74) is 0. The van der Waals surface area contributed by atoms with Crippen molar-refractivity contribution < 1.29 is 8.42 Å². The summed E-state index contributed by atoms with van der Waals surface area (Å²) in [5, 5.41) is 0. The number of hydrogen-bond acceptors (Lipinski definition) is 3. The fraction of sp³-hybridized carbons (Fsp3) is 1.00. The zero-order chi connectivity index (χ0) is 11.2. The first-order valence-corrected chi connectivity index (χ1v) is 6.69. The van der Waals surface area contributed by atoms with E-state index >= 15 is 0 Å². The van der Waals surface area contributed by atoms with Gasteiger partial charge in [0.25, 0.3) is 0 Å². The Labute approximate surface area is 91.9 Å². The van der Waals surface area contributed by atoms with Gasteiger partial charge >= 0.3 is 0 Å². The van der Waals surface area contributed by atoms with E-state index in [2.05, 4.69) is 0 Å². The van der Waals surface area contributed by atoms with Crippen molar-refractivity contribution in [2.75, 3.05) is 45.9 Å². The Bertz CT molecular complexity index is 242. The molecule has 4 nitrogen and oxygen atoms in total. The monoisotopic (exact) mass is 242 g/mol. The third-order valence-electron chi connectivity index (χ3n) is 1.87. The quantitative estimate of drug-likeness (QED) is 0.609. The highest BCUT2D eigenvalue weighted by molar-refractivity contribution is 7.89. The molecule has 0 atom stereocenters. The van der Waals surface area contributed by atoms with Crippen molar-refractivity contribution in [2.24, 2.45) is 0 Å². The molecule has 0 heterocycles. The summed E-state index contributed by atoms with van der Waals surface area (Å²) in [7, 11) is 2.34. The molecule has 14 heavy (non-hydrogen) atoms. The van der Waals surface area contributed by atoms with Gasteiger partial charge in [-0.1, -0.05) is 0 Å². The molecule has 0 unspecified atom stereocenters. The van der Waals surface area contributed by atoms with Crippen LogP contribution >= 0.6 is 11.6 Å². The second-order valence-electron chi connectivity index (χ2n) is 3.48. The molecule has 0 amide bonds. The molecule has 0 aliphatic carbocycles. The van der Waals surface area contributed by atoms with Gasteiger partial charge in [0.1, 0.15) is 0 Å². The number of likely N-dealkylation sites (N-methyl/N-ethyl adjacent to an activating group) is 2. The van der Waals surface area contributed by atoms with E-state index < -0.39 is 10.0 Å². The Kier molecular flexibility index (Phi) is 6.68. The van der Waals surface area contributed by atoms with Gasteiger partial charge in [-0.15, -0.1) is 11.6 Å². The standard InChI is InChI=1S/C8H19ClN2O2S/c1-10(2)6-7-11(3)14(12,13)8-4-5-9/h4-8H2,1-3H3. The van der Waals surface area contributed by atoms with Crippen molar-refractivity contribution in [3.63, 3.8) is 0 Å². The fourth-order valence-electron chi connectivity index (χ4n) is 0.873. The molecule has 0 aromatic carbocycles. The van der Waals surface area contributed by atoms with Crippen LogP contribution in [0.2, 0.25) is 0 Å². The Hall–Kier alpha value is 0.160. The number of sulfonamides is 1. The van der Waals surface area contributed by atoms with Crippen LogP contribution in [-0.2, 0) is 10.0 Å². The minimum Gasteiger partial charge on any atom is -0.308 e. The third kappa shape index (κ3) is 5.80. The molecule has 0 saturated carbocycles. The molecule has 0 bridgehead atoms. The second kappa shape index (κ2) is 6.61. The van der Waals surface area contributed by atoms with Crippen LogP contribution in [0.5, 0.6) is 0 Å². The normalized spacial score (nSPS) is 12.7. The summed E-state index contributed by atoms with van der Waals surface area (Å²) in [6.45, 7) is 1.26. The van der Waals surface area contributed by atoms with Crippen molar-refractivity contribution in [2.45, 2.75) is 6.42 Å². The zero-order valence-corrected chi connectivity index (χ0v) is 10.6. The number of nitrogens with zero attached hydrogens (tertiary/aromatic N) is 2. The lowest BCUT2D eigenvalue weighted by Crippen LogP contribution is -2.35. The molecule has 0 aliphatic rings. The van der Waals surface area contributed by atoms with E-state index in [1.807, 2.05) is 19.0 Å². The molecule has 0 aromatic rings. The lowest BCUT2D eigenvalue weighted by atomic mass is 10.6. The first-order valence-electron chi connectivity index (χ1n) is 4.55. The highest BCUT2D eigenvalue weighted by Crippen LogP contribution is 2.01. The lowest BCUT2D eigenvalue weighted by Gasteiger charge is -2.19. The van der Waals surface area contributed by atoms with Gasteiger partial charge < -0.3 is 4.90 Å². The molecule has 0 N–H and O–H groups in total. The predicted octanol–water partition coefficient (Wildman–Crippen LogP) is 0.438. The maximum absolute atomic E-state index is 11.6. The fourth-order valence-corrected chi connectivity index (χ4v) is 2.35. The van der Waals surface area contributed by atoms with E-state index in [1.54, 1.807) is 7.05 Å². The summed E-state index contributed by atoms with van der Waals surface area (Å²) in [6, 6.07) is 0. The largest absolute Gasteiger partial charge is 0.308 e. The maximum atomic E-state index is 11.6. The first kappa shape index (κ1) is 14.2. The van der Waals surface area contributed by atoms with E-state index in [9.17, 15) is 8.42 Å². The Morgan fingerprint density at radius 2 is 1.71 bits per heavy atom. The number of hydrogen-bond donors (Lipinski definition) is 0. The smallest absolute Gasteiger partial charge is 0.213 e. The molecule has 0 radical (unpaired) electrons. The molecular formula is C8H19ClN2O2S. The number of rotatable bonds is 7. The van der Waals surface area contributed by atoms with E-state index in [0.717, 1.165) is 6.54 Å². The third-order valence-corrected chi connectivity index (χ3v) is 4.08. The molecule has 0 spiro atoms. The minimum atomic E-state index is -3.10. The van der Waals surface area contributed by atoms with Crippen molar-refractivity contribution in [3.8, 4) is 0 Å². The van der Waals surface area contributed by atoms with Gasteiger partial charge in [-0.25, -0.2) is 12.7 Å². The number of halogens is 1. The first-order chi connectivity index (χ1) is 6.40. The van der Waals surface area contributed by atoms with Crippen LogP contribution in [0.3, 0.4) is 0 Å². The van der Waals surface area contributed by atoms with Gasteiger partial charge in [-0.2, -0.15) is 0 Å². The molecule has 0 aliphatic heterocycles. The van der Waals surface area contributed by atoms with E-state index in [-0.39, 0.29) is 5.75 Å². The zero-order valence-electron chi connectivity index (χ0n) is 9.03. The molecule has 86 valence electrons. The van der Waals surface area contributed by atoms with Crippen LogP contribution in [0.15, 0.2) is 0 Å². The van der Waals surface area contributed by atoms with E-state index in [0.29, 0.717) is 18.8 Å². The average Bonchev–Trinajstić information content (AvgIpc) is 2.10. The van der Waals surface area contributed by atoms with Gasteiger partial charge in [0.15, 0.2) is 0 Å². The van der Waals surface area contributed by atoms with Gasteiger partial charge in [0, 0.05) is 26.0 Å². The summed E-state index contributed by atoms with van der Waals surface area (Å²) < 4.78 is 24.5. The van der Waals surface area contributed by atoms with Crippen molar-refractivity contribution in [3.05, 3.63) is 0 Å². The minimum absolute atomic E-state index is 0.139. The van der Waals surface area contributed by atoms with Crippen molar-refractivity contribution >= 4 is 21.6 Å². The van der Waals surface area contributed by atoms with E-state index in [1.165, 1.54) is 4.31 Å². The molecule has 0 fully saturated rings. The summed E-state index contributed by atoms with van der Waals surface area (Å²) in [5.74, 6) is 0.529. The predicted molar refractivity (Wildman–Crippen MR) is 60.3 cm³/mol. The maximum Gasteiger partial charge on any atom is 0.213 e. The number of alkyl halides is 1. The van der Waals surface area contributed by atoms with Crippen LogP contribution < -0.4 is 0 Å². The van der Waals surface area contributed by atoms with Gasteiger partial charge in [-0.3, -0.25) is 0 Å². The van der Waals surface area contributed by atoms with Crippen LogP contribution in [-0.4, -0.2) is 63.5 Å². The average molecular weight is 243 g/mol. The Balaban J connectivity index is 4.01. The molecular weight excluding hydrogens is 224 g/mol. The second-order valence-corrected chi connectivity index (χ2v) is 6.06. The van der Waals surface area contributed by atoms with Gasteiger partial charge in [0.05, 0.1) is 5.75 Å². The van der Waals surface area contributed by atoms with Gasteiger partial charge in [0.2, 0.25) is 10.0 Å². The van der Waals surface area contributed by atoms with Gasteiger partial charge in [-0.05, 0) is 20.5 Å². The summed E-state index contributed by atoms with van der Waals surface area (Å²) in [6.07, 6.45) is 0.510. The SMILES string of the molecule is CN(C)CCN(C)S(=O)(=O)CCCCl. The van der Waals surface area contributed by atoms with Crippen molar-refractivity contribution in [1.29, 1.82) is 0 Å². The molecule has 6 heteroatoms. The highest BCUT2D eigenvalue weighted by Gasteiger charge is 2.16. The van der Waals surface area contributed by atoms with Crippen LogP contribution in [0.25, 0.3) is 0 Å². The van der Waals surface area contributed by atoms with Crippen LogP contribution in [0.1, 0.15) is 6.42 Å². The molecule has 0 saturated heterocycles.